The Hall–Kier alpha value is -2.08. The first kappa shape index (κ1) is 21.6. The van der Waals surface area contributed by atoms with E-state index in [1.807, 2.05) is 62.6 Å². The summed E-state index contributed by atoms with van der Waals surface area (Å²) in [5, 5.41) is 11.8. The van der Waals surface area contributed by atoms with Crippen LogP contribution in [-0.2, 0) is 16.9 Å². The highest BCUT2D eigenvalue weighted by Gasteiger charge is 2.45. The lowest BCUT2D eigenvalue weighted by Crippen LogP contribution is -2.47. The highest BCUT2D eigenvalue weighted by Crippen LogP contribution is 2.46. The van der Waals surface area contributed by atoms with Crippen LogP contribution in [0.25, 0.3) is 0 Å². The Kier molecular flexibility index (Phi) is 7.17. The molecular formula is C24H33NO4. The van der Waals surface area contributed by atoms with E-state index in [1.54, 1.807) is 14.2 Å². The number of benzene rings is 2. The highest BCUT2D eigenvalue weighted by atomic mass is 16.5. The van der Waals surface area contributed by atoms with E-state index in [4.69, 9.17) is 14.2 Å². The predicted molar refractivity (Wildman–Crippen MR) is 114 cm³/mol. The Morgan fingerprint density at radius 1 is 1.07 bits per heavy atom. The molecule has 0 amide bonds. The van der Waals surface area contributed by atoms with Gasteiger partial charge in [0.25, 0.3) is 0 Å². The number of nitrogens with zero attached hydrogens (tertiary/aromatic N) is 1. The fraction of sp³-hybridized carbons (Fsp3) is 0.500. The Bertz CT molecular complexity index is 794. The van der Waals surface area contributed by atoms with Crippen LogP contribution in [0.15, 0.2) is 48.5 Å². The summed E-state index contributed by atoms with van der Waals surface area (Å²) in [6.45, 7) is 1.33. The van der Waals surface area contributed by atoms with Crippen LogP contribution >= 0.6 is 0 Å². The smallest absolute Gasteiger partial charge is 0.124 e. The van der Waals surface area contributed by atoms with Gasteiger partial charge in [0.2, 0.25) is 0 Å². The van der Waals surface area contributed by atoms with Gasteiger partial charge in [-0.15, -0.1) is 0 Å². The monoisotopic (exact) mass is 399 g/mol. The first-order chi connectivity index (χ1) is 14.0. The molecule has 1 aliphatic carbocycles. The zero-order valence-electron chi connectivity index (χ0n) is 17.9. The van der Waals surface area contributed by atoms with E-state index in [0.29, 0.717) is 13.0 Å². The van der Waals surface area contributed by atoms with E-state index < -0.39 is 5.60 Å². The maximum absolute atomic E-state index is 11.8. The summed E-state index contributed by atoms with van der Waals surface area (Å²) in [6, 6.07) is 15.8. The average Bonchev–Trinajstić information content (AvgIpc) is 2.74. The minimum atomic E-state index is -0.924. The topological polar surface area (TPSA) is 51.2 Å². The molecule has 0 spiro atoms. The van der Waals surface area contributed by atoms with Crippen LogP contribution in [0.2, 0.25) is 0 Å². The van der Waals surface area contributed by atoms with Gasteiger partial charge >= 0.3 is 0 Å². The normalized spacial score (nSPS) is 24.5. The summed E-state index contributed by atoms with van der Waals surface area (Å²) < 4.78 is 17.1. The maximum atomic E-state index is 11.8. The van der Waals surface area contributed by atoms with Crippen molar-refractivity contribution in [2.24, 2.45) is 5.92 Å². The number of hydrogen-bond acceptors (Lipinski definition) is 5. The molecule has 2 aromatic carbocycles. The van der Waals surface area contributed by atoms with Crippen molar-refractivity contribution < 1.29 is 19.3 Å². The molecule has 0 saturated heterocycles. The van der Waals surface area contributed by atoms with Gasteiger partial charge in [-0.2, -0.15) is 0 Å². The number of hydrogen-bond donors (Lipinski definition) is 1. The zero-order valence-corrected chi connectivity index (χ0v) is 17.9. The summed E-state index contributed by atoms with van der Waals surface area (Å²) in [4.78, 5) is 2.13. The summed E-state index contributed by atoms with van der Waals surface area (Å²) in [5.41, 5.74) is 1.05. The highest BCUT2D eigenvalue weighted by molar-refractivity contribution is 5.39. The molecule has 1 N–H and O–H groups in total. The lowest BCUT2D eigenvalue weighted by Gasteiger charge is -2.44. The van der Waals surface area contributed by atoms with Crippen LogP contribution in [0.3, 0.4) is 0 Å². The zero-order chi connectivity index (χ0) is 20.9. The second-order valence-electron chi connectivity index (χ2n) is 8.14. The molecule has 1 saturated carbocycles. The van der Waals surface area contributed by atoms with E-state index in [0.717, 1.165) is 42.0 Å². The molecule has 0 heterocycles. The van der Waals surface area contributed by atoms with Gasteiger partial charge in [0.1, 0.15) is 11.5 Å². The van der Waals surface area contributed by atoms with Crippen LogP contribution in [0, 0.1) is 5.92 Å². The van der Waals surface area contributed by atoms with Gasteiger partial charge in [-0.3, -0.25) is 0 Å². The van der Waals surface area contributed by atoms with Gasteiger partial charge in [-0.1, -0.05) is 30.3 Å². The largest absolute Gasteiger partial charge is 0.497 e. The lowest BCUT2D eigenvalue weighted by atomic mass is 9.70. The van der Waals surface area contributed by atoms with Crippen molar-refractivity contribution in [1.29, 1.82) is 0 Å². The number of rotatable bonds is 8. The van der Waals surface area contributed by atoms with Crippen LogP contribution in [0.1, 0.15) is 30.4 Å². The standard InChI is InChI=1S/C24H33NO4/c1-25(2)16-19-15-21(29-17-18-8-7-9-20(14-18)27-3)12-13-24(19,26)22-10-5-6-11-23(22)28-4/h5-11,14,19,21,26H,12-13,15-17H2,1-4H3. The Labute approximate surface area is 174 Å². The van der Waals surface area contributed by atoms with Crippen LogP contribution in [0.4, 0.5) is 0 Å². The fourth-order valence-corrected chi connectivity index (χ4v) is 4.37. The first-order valence-corrected chi connectivity index (χ1v) is 10.2. The molecule has 2 aromatic rings. The third-order valence-electron chi connectivity index (χ3n) is 5.85. The summed E-state index contributed by atoms with van der Waals surface area (Å²) in [5.74, 6) is 1.64. The number of methoxy groups -OCH3 is 2. The second-order valence-corrected chi connectivity index (χ2v) is 8.14. The molecule has 1 fully saturated rings. The van der Waals surface area contributed by atoms with Crippen LogP contribution < -0.4 is 9.47 Å². The molecule has 0 aromatic heterocycles. The van der Waals surface area contributed by atoms with Crippen molar-refractivity contribution in [1.82, 2.24) is 4.90 Å². The van der Waals surface area contributed by atoms with Gasteiger partial charge < -0.3 is 24.2 Å². The molecule has 0 aliphatic heterocycles. The molecule has 3 rings (SSSR count). The van der Waals surface area contributed by atoms with Crippen LogP contribution in [0.5, 0.6) is 11.5 Å². The van der Waals surface area contributed by atoms with Gasteiger partial charge in [-0.05, 0) is 57.1 Å². The van der Waals surface area contributed by atoms with E-state index in [2.05, 4.69) is 4.90 Å². The SMILES string of the molecule is COc1cccc(COC2CCC(O)(c3ccccc3OC)C(CN(C)C)C2)c1. The summed E-state index contributed by atoms with van der Waals surface area (Å²) in [7, 11) is 7.42. The van der Waals surface area contributed by atoms with Gasteiger partial charge in [0.05, 0.1) is 32.5 Å². The molecule has 3 atom stereocenters. The molecule has 158 valence electrons. The fourth-order valence-electron chi connectivity index (χ4n) is 4.37. The van der Waals surface area contributed by atoms with Gasteiger partial charge in [-0.25, -0.2) is 0 Å². The Morgan fingerprint density at radius 3 is 2.59 bits per heavy atom. The first-order valence-electron chi connectivity index (χ1n) is 10.2. The third-order valence-corrected chi connectivity index (χ3v) is 5.85. The average molecular weight is 400 g/mol. The molecule has 0 bridgehead atoms. The molecule has 5 heteroatoms. The molecule has 1 aliphatic rings. The predicted octanol–water partition coefficient (Wildman–Crippen LogP) is 3.84. The maximum Gasteiger partial charge on any atom is 0.124 e. The molecule has 0 radical (unpaired) electrons. The van der Waals surface area contributed by atoms with E-state index >= 15 is 0 Å². The van der Waals surface area contributed by atoms with Crippen molar-refractivity contribution in [2.45, 2.75) is 37.6 Å². The molecule has 3 unspecified atom stereocenters. The third kappa shape index (κ3) is 5.10. The van der Waals surface area contributed by atoms with E-state index in [1.165, 1.54) is 0 Å². The Balaban J connectivity index is 1.74. The molecule has 29 heavy (non-hydrogen) atoms. The van der Waals surface area contributed by atoms with Crippen molar-refractivity contribution in [3.8, 4) is 11.5 Å². The number of para-hydroxylation sites is 1. The summed E-state index contributed by atoms with van der Waals surface area (Å²) >= 11 is 0. The van der Waals surface area contributed by atoms with Crippen molar-refractivity contribution in [2.75, 3.05) is 34.9 Å². The van der Waals surface area contributed by atoms with E-state index in [9.17, 15) is 5.11 Å². The van der Waals surface area contributed by atoms with Crippen molar-refractivity contribution in [3.05, 3.63) is 59.7 Å². The van der Waals surface area contributed by atoms with Crippen molar-refractivity contribution in [3.63, 3.8) is 0 Å². The minimum Gasteiger partial charge on any atom is -0.497 e. The quantitative estimate of drug-likeness (QED) is 0.731. The minimum absolute atomic E-state index is 0.0536. The summed E-state index contributed by atoms with van der Waals surface area (Å²) in [6.07, 6.45) is 2.37. The number of aliphatic hydroxyl groups is 1. The number of ether oxygens (including phenoxy) is 3. The van der Waals surface area contributed by atoms with Gasteiger partial charge in [0, 0.05) is 18.0 Å². The van der Waals surface area contributed by atoms with Crippen molar-refractivity contribution >= 4 is 0 Å². The second kappa shape index (κ2) is 9.61. The van der Waals surface area contributed by atoms with Crippen LogP contribution in [-0.4, -0.2) is 51.0 Å². The molecular weight excluding hydrogens is 366 g/mol. The lowest BCUT2D eigenvalue weighted by molar-refractivity contribution is -0.111. The Morgan fingerprint density at radius 2 is 1.86 bits per heavy atom. The van der Waals surface area contributed by atoms with Gasteiger partial charge in [0.15, 0.2) is 0 Å². The van der Waals surface area contributed by atoms with E-state index in [-0.39, 0.29) is 12.0 Å². The molecule has 5 nitrogen and oxygen atoms in total.